The standard InChI is InChI=1S/C14H20BrFN2/c1-10-4-2-3-7-18(10)14(9-17)11-5-6-12(15)13(16)8-11/h5-6,8,10,14H,2-4,7,9,17H2,1H3. The average Bonchev–Trinajstić information content (AvgIpc) is 2.37. The van der Waals surface area contributed by atoms with Gasteiger partial charge < -0.3 is 5.73 Å². The molecule has 0 spiro atoms. The third kappa shape index (κ3) is 2.92. The molecule has 1 aliphatic heterocycles. The van der Waals surface area contributed by atoms with Crippen LogP contribution < -0.4 is 5.73 Å². The van der Waals surface area contributed by atoms with Crippen molar-refractivity contribution >= 4 is 15.9 Å². The first-order chi connectivity index (χ1) is 8.63. The summed E-state index contributed by atoms with van der Waals surface area (Å²) in [6.07, 6.45) is 3.69. The van der Waals surface area contributed by atoms with E-state index >= 15 is 0 Å². The summed E-state index contributed by atoms with van der Waals surface area (Å²) in [6, 6.07) is 5.98. The molecule has 0 radical (unpaired) electrons. The molecular formula is C14H20BrFN2. The molecule has 2 atom stereocenters. The van der Waals surface area contributed by atoms with Crippen LogP contribution in [0.15, 0.2) is 22.7 Å². The van der Waals surface area contributed by atoms with Crippen molar-refractivity contribution in [2.24, 2.45) is 5.73 Å². The molecule has 1 aromatic carbocycles. The molecule has 0 aliphatic carbocycles. The van der Waals surface area contributed by atoms with Crippen molar-refractivity contribution in [3.05, 3.63) is 34.1 Å². The molecule has 4 heteroatoms. The lowest BCUT2D eigenvalue weighted by Gasteiger charge is -2.39. The van der Waals surface area contributed by atoms with E-state index in [4.69, 9.17) is 5.73 Å². The molecule has 2 nitrogen and oxygen atoms in total. The van der Waals surface area contributed by atoms with E-state index in [-0.39, 0.29) is 11.9 Å². The minimum atomic E-state index is -0.212. The first-order valence-corrected chi connectivity index (χ1v) is 7.33. The first kappa shape index (κ1) is 14.0. The molecule has 0 bridgehead atoms. The maximum absolute atomic E-state index is 13.6. The molecule has 0 amide bonds. The first-order valence-electron chi connectivity index (χ1n) is 6.54. The molecule has 0 aromatic heterocycles. The Bertz CT molecular complexity index is 411. The summed E-state index contributed by atoms with van der Waals surface area (Å²) in [5.41, 5.74) is 6.89. The van der Waals surface area contributed by atoms with Gasteiger partial charge in [0.25, 0.3) is 0 Å². The minimum absolute atomic E-state index is 0.128. The lowest BCUT2D eigenvalue weighted by atomic mass is 9.97. The summed E-state index contributed by atoms with van der Waals surface area (Å²) in [6.45, 7) is 3.82. The summed E-state index contributed by atoms with van der Waals surface area (Å²) in [7, 11) is 0. The fourth-order valence-electron chi connectivity index (χ4n) is 2.77. The highest BCUT2D eigenvalue weighted by Gasteiger charge is 2.26. The number of halogens is 2. The van der Waals surface area contributed by atoms with E-state index < -0.39 is 0 Å². The summed E-state index contributed by atoms with van der Waals surface area (Å²) >= 11 is 3.19. The third-order valence-electron chi connectivity index (χ3n) is 3.81. The van der Waals surface area contributed by atoms with Gasteiger partial charge in [-0.05, 0) is 59.9 Å². The number of likely N-dealkylation sites (tertiary alicyclic amines) is 1. The van der Waals surface area contributed by atoms with Crippen molar-refractivity contribution in [2.75, 3.05) is 13.1 Å². The van der Waals surface area contributed by atoms with Crippen LogP contribution >= 0.6 is 15.9 Å². The Labute approximate surface area is 116 Å². The van der Waals surface area contributed by atoms with Crippen molar-refractivity contribution in [3.63, 3.8) is 0 Å². The normalized spacial score (nSPS) is 23.0. The Morgan fingerprint density at radius 2 is 2.28 bits per heavy atom. The number of hydrogen-bond acceptors (Lipinski definition) is 2. The molecule has 100 valence electrons. The van der Waals surface area contributed by atoms with E-state index in [2.05, 4.69) is 27.8 Å². The highest BCUT2D eigenvalue weighted by molar-refractivity contribution is 9.10. The van der Waals surface area contributed by atoms with Crippen molar-refractivity contribution in [2.45, 2.75) is 38.3 Å². The van der Waals surface area contributed by atoms with Gasteiger partial charge in [0, 0.05) is 18.6 Å². The predicted octanol–water partition coefficient (Wildman–Crippen LogP) is 3.46. The largest absolute Gasteiger partial charge is 0.329 e. The zero-order chi connectivity index (χ0) is 13.1. The number of benzene rings is 1. The molecule has 1 heterocycles. The van der Waals surface area contributed by atoms with Crippen LogP contribution in [0.5, 0.6) is 0 Å². The Hall–Kier alpha value is -0.450. The van der Waals surface area contributed by atoms with Gasteiger partial charge in [-0.1, -0.05) is 12.5 Å². The van der Waals surface area contributed by atoms with E-state index in [0.717, 1.165) is 12.1 Å². The molecule has 1 saturated heterocycles. The van der Waals surface area contributed by atoms with Gasteiger partial charge in [-0.25, -0.2) is 4.39 Å². The van der Waals surface area contributed by atoms with Crippen molar-refractivity contribution in [3.8, 4) is 0 Å². The SMILES string of the molecule is CC1CCCCN1C(CN)c1ccc(Br)c(F)c1. The summed E-state index contributed by atoms with van der Waals surface area (Å²) in [5.74, 6) is -0.212. The zero-order valence-electron chi connectivity index (χ0n) is 10.7. The fourth-order valence-corrected chi connectivity index (χ4v) is 3.01. The van der Waals surface area contributed by atoms with Gasteiger partial charge in [0.05, 0.1) is 4.47 Å². The van der Waals surface area contributed by atoms with Gasteiger partial charge in [0.1, 0.15) is 5.82 Å². The number of piperidine rings is 1. The van der Waals surface area contributed by atoms with Crippen LogP contribution in [-0.4, -0.2) is 24.0 Å². The van der Waals surface area contributed by atoms with Crippen molar-refractivity contribution < 1.29 is 4.39 Å². The predicted molar refractivity (Wildman–Crippen MR) is 75.9 cm³/mol. The molecule has 2 rings (SSSR count). The lowest BCUT2D eigenvalue weighted by Crippen LogP contribution is -2.43. The molecule has 2 unspecified atom stereocenters. The second-order valence-electron chi connectivity index (χ2n) is 5.01. The van der Waals surface area contributed by atoms with E-state index in [0.29, 0.717) is 17.1 Å². The summed E-state index contributed by atoms with van der Waals surface area (Å²) in [5, 5.41) is 0. The summed E-state index contributed by atoms with van der Waals surface area (Å²) in [4.78, 5) is 2.41. The number of nitrogens with two attached hydrogens (primary N) is 1. The van der Waals surface area contributed by atoms with E-state index in [9.17, 15) is 4.39 Å². The van der Waals surface area contributed by atoms with Crippen LogP contribution in [0.3, 0.4) is 0 Å². The second-order valence-corrected chi connectivity index (χ2v) is 5.86. The molecule has 1 aromatic rings. The van der Waals surface area contributed by atoms with Crippen molar-refractivity contribution in [1.29, 1.82) is 0 Å². The second kappa shape index (κ2) is 6.13. The van der Waals surface area contributed by atoms with Crippen LogP contribution in [0.25, 0.3) is 0 Å². The molecule has 1 aliphatic rings. The molecule has 0 saturated carbocycles. The van der Waals surface area contributed by atoms with Crippen LogP contribution in [0.4, 0.5) is 4.39 Å². The quantitative estimate of drug-likeness (QED) is 0.925. The monoisotopic (exact) mass is 314 g/mol. The van der Waals surface area contributed by atoms with E-state index in [1.165, 1.54) is 19.3 Å². The van der Waals surface area contributed by atoms with Crippen molar-refractivity contribution in [1.82, 2.24) is 4.90 Å². The maximum Gasteiger partial charge on any atom is 0.137 e. The highest BCUT2D eigenvalue weighted by Crippen LogP contribution is 2.29. The van der Waals surface area contributed by atoms with Crippen LogP contribution in [-0.2, 0) is 0 Å². The molecule has 18 heavy (non-hydrogen) atoms. The lowest BCUT2D eigenvalue weighted by molar-refractivity contribution is 0.108. The van der Waals surface area contributed by atoms with Crippen LogP contribution in [0, 0.1) is 5.82 Å². The Morgan fingerprint density at radius 3 is 2.89 bits per heavy atom. The Kier molecular flexibility index (Phi) is 4.76. The fraction of sp³-hybridized carbons (Fsp3) is 0.571. The highest BCUT2D eigenvalue weighted by atomic mass is 79.9. The van der Waals surface area contributed by atoms with Gasteiger partial charge in [-0.2, -0.15) is 0 Å². The number of rotatable bonds is 3. The topological polar surface area (TPSA) is 29.3 Å². The maximum atomic E-state index is 13.6. The Morgan fingerprint density at radius 1 is 1.50 bits per heavy atom. The average molecular weight is 315 g/mol. The molecule has 2 N–H and O–H groups in total. The Balaban J connectivity index is 2.23. The van der Waals surface area contributed by atoms with Crippen LogP contribution in [0.2, 0.25) is 0 Å². The van der Waals surface area contributed by atoms with Crippen LogP contribution in [0.1, 0.15) is 37.8 Å². The van der Waals surface area contributed by atoms with Gasteiger partial charge in [0.2, 0.25) is 0 Å². The smallest absolute Gasteiger partial charge is 0.137 e. The third-order valence-corrected chi connectivity index (χ3v) is 4.45. The number of nitrogens with zero attached hydrogens (tertiary/aromatic N) is 1. The molecular weight excluding hydrogens is 295 g/mol. The molecule has 1 fully saturated rings. The van der Waals surface area contributed by atoms with E-state index in [1.54, 1.807) is 12.1 Å². The summed E-state index contributed by atoms with van der Waals surface area (Å²) < 4.78 is 14.1. The van der Waals surface area contributed by atoms with Gasteiger partial charge in [0.15, 0.2) is 0 Å². The minimum Gasteiger partial charge on any atom is -0.329 e. The number of hydrogen-bond donors (Lipinski definition) is 1. The van der Waals surface area contributed by atoms with E-state index in [1.807, 2.05) is 6.07 Å². The zero-order valence-corrected chi connectivity index (χ0v) is 12.3. The van der Waals surface area contributed by atoms with Gasteiger partial charge in [-0.3, -0.25) is 4.90 Å². The van der Waals surface area contributed by atoms with Gasteiger partial charge >= 0.3 is 0 Å². The van der Waals surface area contributed by atoms with Gasteiger partial charge in [-0.15, -0.1) is 0 Å².